The Morgan fingerprint density at radius 1 is 1.30 bits per heavy atom. The average molecular weight is 395 g/mol. The van der Waals surface area contributed by atoms with Gasteiger partial charge in [0.05, 0.1) is 6.54 Å². The Bertz CT molecular complexity index is 937. The summed E-state index contributed by atoms with van der Waals surface area (Å²) in [5.41, 5.74) is 2.98. The lowest BCUT2D eigenvalue weighted by molar-refractivity contribution is 0.0690. The average Bonchev–Trinajstić information content (AvgIpc) is 2.79. The minimum atomic E-state index is -1.05. The summed E-state index contributed by atoms with van der Waals surface area (Å²) in [6.45, 7) is 4.18. The van der Waals surface area contributed by atoms with E-state index >= 15 is 0 Å². The number of aromatic nitrogens is 3. The van der Waals surface area contributed by atoms with Gasteiger partial charge >= 0.3 is 5.97 Å². The molecular weight excluding hydrogens is 382 g/mol. The normalized spacial score (nSPS) is 11.1. The van der Waals surface area contributed by atoms with Gasteiger partial charge in [-0.1, -0.05) is 33.6 Å². The first-order valence-electron chi connectivity index (χ1n) is 6.88. The summed E-state index contributed by atoms with van der Waals surface area (Å²) in [6.07, 6.45) is 0. The topological polar surface area (TPSA) is 68.0 Å². The maximum Gasteiger partial charge on any atom is 0.354 e. The third-order valence-corrected chi connectivity index (χ3v) is 4.49. The quantitative estimate of drug-likeness (QED) is 0.722. The van der Waals surface area contributed by atoms with Crippen molar-refractivity contribution < 1.29 is 9.90 Å². The molecule has 3 rings (SSSR count). The number of carbonyl (C=O) groups is 1. The lowest BCUT2D eigenvalue weighted by Gasteiger charge is -2.09. The molecular formula is C16H13BrClN3O2. The van der Waals surface area contributed by atoms with E-state index in [4.69, 9.17) is 11.6 Å². The van der Waals surface area contributed by atoms with Gasteiger partial charge in [0.1, 0.15) is 11.3 Å². The number of fused-ring (bicyclic) bond motifs is 1. The highest BCUT2D eigenvalue weighted by Crippen LogP contribution is 2.25. The fourth-order valence-electron chi connectivity index (χ4n) is 2.47. The summed E-state index contributed by atoms with van der Waals surface area (Å²) in [5, 5.41) is 9.84. The van der Waals surface area contributed by atoms with Gasteiger partial charge in [-0.3, -0.25) is 0 Å². The number of rotatable bonds is 3. The molecule has 3 aromatic rings. The van der Waals surface area contributed by atoms with Gasteiger partial charge in [-0.2, -0.15) is 0 Å². The Balaban J connectivity index is 2.16. The summed E-state index contributed by atoms with van der Waals surface area (Å²) in [5.74, 6) is -0.292. The lowest BCUT2D eigenvalue weighted by atomic mass is 10.2. The number of carboxylic acids is 1. The van der Waals surface area contributed by atoms with Crippen molar-refractivity contribution >= 4 is 44.7 Å². The molecule has 0 atom stereocenters. The van der Waals surface area contributed by atoms with Crippen molar-refractivity contribution in [3.63, 3.8) is 0 Å². The number of carboxylic acid groups (broad SMARTS) is 1. The van der Waals surface area contributed by atoms with Gasteiger partial charge in [-0.15, -0.1) is 0 Å². The van der Waals surface area contributed by atoms with Crippen LogP contribution in [0.4, 0.5) is 0 Å². The largest absolute Gasteiger partial charge is 0.477 e. The molecule has 0 saturated heterocycles. The summed E-state index contributed by atoms with van der Waals surface area (Å²) in [7, 11) is 0. The van der Waals surface area contributed by atoms with Crippen molar-refractivity contribution in [2.75, 3.05) is 0 Å². The molecule has 118 valence electrons. The first-order chi connectivity index (χ1) is 10.9. The molecule has 0 amide bonds. The van der Waals surface area contributed by atoms with Gasteiger partial charge in [0.25, 0.3) is 0 Å². The highest BCUT2D eigenvalue weighted by atomic mass is 79.9. The number of halogens is 2. The summed E-state index contributed by atoms with van der Waals surface area (Å²) >= 11 is 9.67. The predicted molar refractivity (Wildman–Crippen MR) is 92.2 cm³/mol. The fraction of sp³-hybridized carbons (Fsp3) is 0.188. The molecule has 0 fully saturated rings. The summed E-state index contributed by atoms with van der Waals surface area (Å²) < 4.78 is 2.78. The van der Waals surface area contributed by atoms with E-state index in [2.05, 4.69) is 25.9 Å². The van der Waals surface area contributed by atoms with Crippen molar-refractivity contribution in [1.82, 2.24) is 14.5 Å². The van der Waals surface area contributed by atoms with E-state index in [-0.39, 0.29) is 5.69 Å². The highest BCUT2D eigenvalue weighted by molar-refractivity contribution is 9.10. The van der Waals surface area contributed by atoms with E-state index in [9.17, 15) is 9.90 Å². The smallest absolute Gasteiger partial charge is 0.354 e. The number of aromatic carboxylic acids is 1. The van der Waals surface area contributed by atoms with Crippen LogP contribution in [0, 0.1) is 13.8 Å². The van der Waals surface area contributed by atoms with Crippen molar-refractivity contribution in [3.05, 3.63) is 56.4 Å². The van der Waals surface area contributed by atoms with Crippen molar-refractivity contribution in [2.24, 2.45) is 0 Å². The van der Waals surface area contributed by atoms with E-state index in [1.54, 1.807) is 0 Å². The van der Waals surface area contributed by atoms with Gasteiger partial charge in [-0.05, 0) is 43.2 Å². The molecule has 0 unspecified atom stereocenters. The number of benzene rings is 1. The zero-order valence-corrected chi connectivity index (χ0v) is 14.8. The Morgan fingerprint density at radius 2 is 2.04 bits per heavy atom. The van der Waals surface area contributed by atoms with Gasteiger partial charge in [0, 0.05) is 9.50 Å². The standard InChI is InChI=1S/C16H13BrClN3O2/c1-8-5-13(16(22)23)20-15-14(8)19-9(2)21(15)7-10-3-4-11(17)6-12(10)18/h3-6H,7H2,1-2H3,(H,22,23). The van der Waals surface area contributed by atoms with Crippen LogP contribution < -0.4 is 0 Å². The van der Waals surface area contributed by atoms with Crippen LogP contribution in [0.1, 0.15) is 27.4 Å². The number of hydrogen-bond donors (Lipinski definition) is 1. The lowest BCUT2D eigenvalue weighted by Crippen LogP contribution is -2.06. The third kappa shape index (κ3) is 2.96. The Labute approximate surface area is 146 Å². The molecule has 0 aliphatic carbocycles. The molecule has 0 saturated carbocycles. The van der Waals surface area contributed by atoms with Crippen LogP contribution in [0.2, 0.25) is 5.02 Å². The molecule has 7 heteroatoms. The molecule has 0 bridgehead atoms. The van der Waals surface area contributed by atoms with Crippen molar-refractivity contribution in [3.8, 4) is 0 Å². The first-order valence-corrected chi connectivity index (χ1v) is 8.05. The number of pyridine rings is 1. The Kier molecular flexibility index (Phi) is 4.12. The SMILES string of the molecule is Cc1cc(C(=O)O)nc2c1nc(C)n2Cc1ccc(Br)cc1Cl. The number of nitrogens with zero attached hydrogens (tertiary/aromatic N) is 3. The zero-order valence-electron chi connectivity index (χ0n) is 12.5. The van der Waals surface area contributed by atoms with Crippen LogP contribution in [0.5, 0.6) is 0 Å². The van der Waals surface area contributed by atoms with Crippen LogP contribution in [-0.2, 0) is 6.54 Å². The van der Waals surface area contributed by atoms with Gasteiger partial charge in [-0.25, -0.2) is 14.8 Å². The van der Waals surface area contributed by atoms with E-state index in [1.165, 1.54) is 6.07 Å². The first kappa shape index (κ1) is 16.0. The van der Waals surface area contributed by atoms with E-state index in [0.717, 1.165) is 21.4 Å². The van der Waals surface area contributed by atoms with E-state index < -0.39 is 5.97 Å². The molecule has 1 N–H and O–H groups in total. The van der Waals surface area contributed by atoms with Gasteiger partial charge < -0.3 is 9.67 Å². The Hall–Kier alpha value is -1.92. The minimum Gasteiger partial charge on any atom is -0.477 e. The zero-order chi connectivity index (χ0) is 16.7. The molecule has 0 aliphatic heterocycles. The second-order valence-corrected chi connectivity index (χ2v) is 6.61. The van der Waals surface area contributed by atoms with Crippen molar-refractivity contribution in [2.45, 2.75) is 20.4 Å². The third-order valence-electron chi connectivity index (χ3n) is 3.65. The predicted octanol–water partition coefficient (Wildman–Crippen LogP) is 4.21. The molecule has 0 aliphatic rings. The molecule has 0 radical (unpaired) electrons. The second kappa shape index (κ2) is 5.94. The summed E-state index contributed by atoms with van der Waals surface area (Å²) in [4.78, 5) is 20.0. The van der Waals surface area contributed by atoms with E-state index in [0.29, 0.717) is 22.7 Å². The van der Waals surface area contributed by atoms with Crippen LogP contribution >= 0.6 is 27.5 Å². The van der Waals surface area contributed by atoms with E-state index in [1.807, 2.05) is 36.6 Å². The molecule has 0 spiro atoms. The highest BCUT2D eigenvalue weighted by Gasteiger charge is 2.16. The second-order valence-electron chi connectivity index (χ2n) is 5.28. The number of aryl methyl sites for hydroxylation is 2. The number of imidazole rings is 1. The maximum absolute atomic E-state index is 11.2. The molecule has 5 nitrogen and oxygen atoms in total. The van der Waals surface area contributed by atoms with Gasteiger partial charge in [0.15, 0.2) is 11.3 Å². The number of hydrogen-bond acceptors (Lipinski definition) is 3. The van der Waals surface area contributed by atoms with Crippen LogP contribution in [0.15, 0.2) is 28.7 Å². The summed E-state index contributed by atoms with van der Waals surface area (Å²) in [6, 6.07) is 7.20. The minimum absolute atomic E-state index is 0.0121. The van der Waals surface area contributed by atoms with Crippen molar-refractivity contribution in [1.29, 1.82) is 0 Å². The fourth-order valence-corrected chi connectivity index (χ4v) is 3.20. The van der Waals surface area contributed by atoms with Crippen LogP contribution in [0.3, 0.4) is 0 Å². The molecule has 2 heterocycles. The van der Waals surface area contributed by atoms with Crippen LogP contribution in [0.25, 0.3) is 11.2 Å². The monoisotopic (exact) mass is 393 g/mol. The molecule has 23 heavy (non-hydrogen) atoms. The van der Waals surface area contributed by atoms with Crippen LogP contribution in [-0.4, -0.2) is 25.6 Å². The van der Waals surface area contributed by atoms with Gasteiger partial charge in [0.2, 0.25) is 0 Å². The Morgan fingerprint density at radius 3 is 2.70 bits per heavy atom. The molecule has 2 aromatic heterocycles. The maximum atomic E-state index is 11.2. The molecule has 1 aromatic carbocycles.